The van der Waals surface area contributed by atoms with E-state index in [-0.39, 0.29) is 17.2 Å². The number of pyridine rings is 1. The number of hydrogen-bond donors (Lipinski definition) is 2. The molecule has 2 heterocycles. The standard InChI is InChI=1S/C16H12N2O2S/c19-15-9-3-7-13(17-15)16(20)18-12-6-2-1-5-11(12)14-8-4-10-21-14/h1-10H,(H,17,19)(H,18,20). The fourth-order valence-electron chi connectivity index (χ4n) is 2.01. The van der Waals surface area contributed by atoms with E-state index in [1.165, 1.54) is 6.07 Å². The molecule has 0 bridgehead atoms. The Morgan fingerprint density at radius 3 is 2.62 bits per heavy atom. The summed E-state index contributed by atoms with van der Waals surface area (Å²) in [6.45, 7) is 0. The maximum atomic E-state index is 12.2. The van der Waals surface area contributed by atoms with Crippen molar-refractivity contribution >= 4 is 22.9 Å². The number of H-pyrrole nitrogens is 1. The molecule has 0 fully saturated rings. The maximum Gasteiger partial charge on any atom is 0.272 e. The van der Waals surface area contributed by atoms with Crippen LogP contribution in [0.15, 0.2) is 64.8 Å². The highest BCUT2D eigenvalue weighted by Crippen LogP contribution is 2.31. The van der Waals surface area contributed by atoms with Crippen molar-refractivity contribution in [2.75, 3.05) is 5.32 Å². The summed E-state index contributed by atoms with van der Waals surface area (Å²) in [4.78, 5) is 27.1. The molecule has 0 atom stereocenters. The number of benzene rings is 1. The molecule has 3 rings (SSSR count). The van der Waals surface area contributed by atoms with Crippen LogP contribution in [0.25, 0.3) is 10.4 Å². The summed E-state index contributed by atoms with van der Waals surface area (Å²) in [5, 5.41) is 4.83. The first kappa shape index (κ1) is 13.3. The van der Waals surface area contributed by atoms with Gasteiger partial charge in [-0.2, -0.15) is 0 Å². The van der Waals surface area contributed by atoms with Crippen LogP contribution in [-0.4, -0.2) is 10.9 Å². The number of amides is 1. The van der Waals surface area contributed by atoms with Crippen LogP contribution >= 0.6 is 11.3 Å². The van der Waals surface area contributed by atoms with Crippen molar-refractivity contribution in [1.82, 2.24) is 4.98 Å². The highest BCUT2D eigenvalue weighted by atomic mass is 32.1. The molecule has 0 aliphatic heterocycles. The van der Waals surface area contributed by atoms with E-state index in [4.69, 9.17) is 0 Å². The largest absolute Gasteiger partial charge is 0.320 e. The molecule has 21 heavy (non-hydrogen) atoms. The zero-order valence-corrected chi connectivity index (χ0v) is 11.8. The topological polar surface area (TPSA) is 62.0 Å². The van der Waals surface area contributed by atoms with Gasteiger partial charge in [0.1, 0.15) is 5.69 Å². The number of carbonyl (C=O) groups is 1. The SMILES string of the molecule is O=C(Nc1ccccc1-c1cccs1)c1cccc(=O)[nH]1. The molecule has 1 aromatic carbocycles. The molecular weight excluding hydrogens is 284 g/mol. The molecule has 0 aliphatic carbocycles. The third kappa shape index (κ3) is 2.93. The number of hydrogen-bond acceptors (Lipinski definition) is 3. The fraction of sp³-hybridized carbons (Fsp3) is 0. The molecular formula is C16H12N2O2S. The molecule has 0 saturated carbocycles. The lowest BCUT2D eigenvalue weighted by Gasteiger charge is -2.09. The normalized spacial score (nSPS) is 10.3. The zero-order valence-electron chi connectivity index (χ0n) is 11.0. The van der Waals surface area contributed by atoms with Crippen molar-refractivity contribution in [3.8, 4) is 10.4 Å². The van der Waals surface area contributed by atoms with Crippen LogP contribution in [0.5, 0.6) is 0 Å². The minimum atomic E-state index is -0.336. The van der Waals surface area contributed by atoms with Crippen LogP contribution in [-0.2, 0) is 0 Å². The van der Waals surface area contributed by atoms with Gasteiger partial charge in [0.2, 0.25) is 5.56 Å². The lowest BCUT2D eigenvalue weighted by Crippen LogP contribution is -2.18. The van der Waals surface area contributed by atoms with Gasteiger partial charge >= 0.3 is 0 Å². The van der Waals surface area contributed by atoms with E-state index in [1.807, 2.05) is 41.8 Å². The first-order chi connectivity index (χ1) is 10.2. The highest BCUT2D eigenvalue weighted by molar-refractivity contribution is 7.13. The number of rotatable bonds is 3. The van der Waals surface area contributed by atoms with Crippen molar-refractivity contribution in [2.45, 2.75) is 0 Å². The van der Waals surface area contributed by atoms with E-state index < -0.39 is 0 Å². The Hall–Kier alpha value is -2.66. The summed E-state index contributed by atoms with van der Waals surface area (Å²) in [7, 11) is 0. The maximum absolute atomic E-state index is 12.2. The third-order valence-corrected chi connectivity index (χ3v) is 3.88. The molecule has 0 aliphatic rings. The second-order valence-corrected chi connectivity index (χ2v) is 5.35. The Labute approximate surface area is 125 Å². The summed E-state index contributed by atoms with van der Waals surface area (Å²) >= 11 is 1.61. The van der Waals surface area contributed by atoms with Gasteiger partial charge in [0, 0.05) is 22.2 Å². The minimum Gasteiger partial charge on any atom is -0.320 e. The van der Waals surface area contributed by atoms with Crippen LogP contribution in [0.2, 0.25) is 0 Å². The molecule has 4 nitrogen and oxygen atoms in total. The second-order valence-electron chi connectivity index (χ2n) is 4.41. The van der Waals surface area contributed by atoms with E-state index in [1.54, 1.807) is 23.5 Å². The Balaban J connectivity index is 1.92. The fourth-order valence-corrected chi connectivity index (χ4v) is 2.77. The van der Waals surface area contributed by atoms with Crippen molar-refractivity contribution in [1.29, 1.82) is 0 Å². The molecule has 2 aromatic heterocycles. The number of nitrogens with one attached hydrogen (secondary N) is 2. The number of para-hydroxylation sites is 1. The molecule has 0 spiro atoms. The smallest absolute Gasteiger partial charge is 0.272 e. The number of thiophene rings is 1. The minimum absolute atomic E-state index is 0.239. The monoisotopic (exact) mass is 296 g/mol. The molecule has 5 heteroatoms. The number of anilines is 1. The Bertz CT molecular complexity index is 822. The van der Waals surface area contributed by atoms with Gasteiger partial charge in [-0.05, 0) is 23.6 Å². The average Bonchev–Trinajstić information content (AvgIpc) is 3.02. The molecule has 0 saturated heterocycles. The van der Waals surface area contributed by atoms with Crippen molar-refractivity contribution in [3.63, 3.8) is 0 Å². The third-order valence-electron chi connectivity index (χ3n) is 2.97. The van der Waals surface area contributed by atoms with Gasteiger partial charge in [0.05, 0.1) is 0 Å². The van der Waals surface area contributed by atoms with Crippen LogP contribution in [0, 0.1) is 0 Å². The van der Waals surface area contributed by atoms with E-state index in [0.717, 1.165) is 16.1 Å². The van der Waals surface area contributed by atoms with Gasteiger partial charge in [-0.1, -0.05) is 30.3 Å². The molecule has 104 valence electrons. The van der Waals surface area contributed by atoms with Gasteiger partial charge in [-0.25, -0.2) is 0 Å². The van der Waals surface area contributed by atoms with Crippen LogP contribution in [0.1, 0.15) is 10.5 Å². The summed E-state index contributed by atoms with van der Waals surface area (Å²) < 4.78 is 0. The van der Waals surface area contributed by atoms with Gasteiger partial charge in [-0.15, -0.1) is 11.3 Å². The van der Waals surface area contributed by atoms with Gasteiger partial charge in [0.15, 0.2) is 0 Å². The van der Waals surface area contributed by atoms with Gasteiger partial charge in [-0.3, -0.25) is 9.59 Å². The molecule has 2 N–H and O–H groups in total. The summed E-state index contributed by atoms with van der Waals surface area (Å²) in [5.74, 6) is -0.336. The first-order valence-corrected chi connectivity index (χ1v) is 7.25. The first-order valence-electron chi connectivity index (χ1n) is 6.37. The number of aromatic amines is 1. The Morgan fingerprint density at radius 1 is 1.00 bits per heavy atom. The van der Waals surface area contributed by atoms with Crippen LogP contribution in [0.4, 0.5) is 5.69 Å². The Morgan fingerprint density at radius 2 is 1.86 bits per heavy atom. The lowest BCUT2D eigenvalue weighted by molar-refractivity contribution is 0.102. The summed E-state index contributed by atoms with van der Waals surface area (Å²) in [6.07, 6.45) is 0. The van der Waals surface area contributed by atoms with Crippen LogP contribution in [0.3, 0.4) is 0 Å². The molecule has 3 aromatic rings. The predicted octanol–water partition coefficient (Wildman–Crippen LogP) is 3.36. The summed E-state index contributed by atoms with van der Waals surface area (Å²) in [5.41, 5.74) is 1.62. The van der Waals surface area contributed by atoms with E-state index >= 15 is 0 Å². The predicted molar refractivity (Wildman–Crippen MR) is 84.8 cm³/mol. The Kier molecular flexibility index (Phi) is 3.66. The van der Waals surface area contributed by atoms with E-state index in [9.17, 15) is 9.59 Å². The lowest BCUT2D eigenvalue weighted by atomic mass is 10.1. The quantitative estimate of drug-likeness (QED) is 0.778. The van der Waals surface area contributed by atoms with Crippen molar-refractivity contribution in [2.24, 2.45) is 0 Å². The molecule has 1 amide bonds. The number of aromatic nitrogens is 1. The number of carbonyl (C=O) groups excluding carboxylic acids is 1. The van der Waals surface area contributed by atoms with E-state index in [0.29, 0.717) is 0 Å². The van der Waals surface area contributed by atoms with Crippen molar-refractivity contribution in [3.05, 3.63) is 76.0 Å². The van der Waals surface area contributed by atoms with Crippen molar-refractivity contribution < 1.29 is 4.79 Å². The molecule has 0 unspecified atom stereocenters. The molecule has 0 radical (unpaired) electrons. The highest BCUT2D eigenvalue weighted by Gasteiger charge is 2.11. The van der Waals surface area contributed by atoms with Crippen LogP contribution < -0.4 is 10.9 Å². The second kappa shape index (κ2) is 5.76. The zero-order chi connectivity index (χ0) is 14.7. The average molecular weight is 296 g/mol. The van der Waals surface area contributed by atoms with E-state index in [2.05, 4.69) is 10.3 Å². The van der Waals surface area contributed by atoms with Gasteiger partial charge in [0.25, 0.3) is 5.91 Å². The summed E-state index contributed by atoms with van der Waals surface area (Å²) in [6, 6.07) is 16.0. The van der Waals surface area contributed by atoms with Gasteiger partial charge < -0.3 is 10.3 Å².